The fraction of sp³-hybridized carbons (Fsp3) is 0.444. The van der Waals surface area contributed by atoms with Gasteiger partial charge < -0.3 is 9.47 Å². The number of fused-ring (bicyclic) bond motifs is 3. The first-order valence-electron chi connectivity index (χ1n) is 23.1. The Morgan fingerprint density at radius 1 is 0.450 bits per heavy atom. The van der Waals surface area contributed by atoms with Gasteiger partial charge in [0, 0.05) is 11.4 Å². The summed E-state index contributed by atoms with van der Waals surface area (Å²) < 4.78 is 14.7. The molecule has 0 atom stereocenters. The molecule has 6 nitrogen and oxygen atoms in total. The molecule has 2 aromatic carbocycles. The Morgan fingerprint density at radius 3 is 1.18 bits per heavy atom. The van der Waals surface area contributed by atoms with Crippen molar-refractivity contribution in [2.24, 2.45) is 0 Å². The van der Waals surface area contributed by atoms with Crippen molar-refractivity contribution in [2.75, 3.05) is 14.2 Å². The van der Waals surface area contributed by atoms with Gasteiger partial charge in [0.05, 0.1) is 36.0 Å². The van der Waals surface area contributed by atoms with E-state index in [0.29, 0.717) is 10.8 Å². The highest BCUT2D eigenvalue weighted by atomic mass is 16.5. The molecule has 60 heavy (non-hydrogen) atoms. The normalized spacial score (nSPS) is 12.0. The third-order valence-electron chi connectivity index (χ3n) is 12.3. The number of aryl methyl sites for hydroxylation is 2. The molecule has 4 heterocycles. The van der Waals surface area contributed by atoms with E-state index in [0.717, 1.165) is 94.7 Å². The molecule has 6 rings (SSSR count). The minimum Gasteiger partial charge on any atom is -0.497 e. The smallest absolute Gasteiger partial charge is 0.264 e. The topological polar surface area (TPSA) is 61.4 Å². The van der Waals surface area contributed by atoms with Crippen LogP contribution >= 0.6 is 0 Å². The summed E-state index contributed by atoms with van der Waals surface area (Å²) in [6, 6.07) is 24.0. The van der Waals surface area contributed by atoms with E-state index in [1.165, 1.54) is 89.9 Å². The molecular formula is C54H68N2O4. The van der Waals surface area contributed by atoms with E-state index < -0.39 is 0 Å². The van der Waals surface area contributed by atoms with Crippen molar-refractivity contribution in [2.45, 2.75) is 142 Å². The number of hydrogen-bond acceptors (Lipinski definition) is 4. The molecule has 0 amide bonds. The molecule has 6 heteroatoms. The number of nitrogens with zero attached hydrogens (tertiary/aromatic N) is 2. The minimum atomic E-state index is -0.105. The Kier molecular flexibility index (Phi) is 17.1. The van der Waals surface area contributed by atoms with Gasteiger partial charge in [0.15, 0.2) is 0 Å². The first-order chi connectivity index (χ1) is 29.5. The number of methoxy groups -OCH3 is 2. The molecule has 0 N–H and O–H groups in total. The highest BCUT2D eigenvalue weighted by Crippen LogP contribution is 2.30. The lowest BCUT2D eigenvalue weighted by Gasteiger charge is -2.16. The van der Waals surface area contributed by atoms with Crippen LogP contribution in [0.4, 0.5) is 0 Å². The molecule has 0 aliphatic carbocycles. The van der Waals surface area contributed by atoms with E-state index in [2.05, 4.69) is 26.0 Å². The van der Waals surface area contributed by atoms with Crippen LogP contribution in [0.3, 0.4) is 0 Å². The van der Waals surface area contributed by atoms with Gasteiger partial charge in [-0.2, -0.15) is 0 Å². The summed E-state index contributed by atoms with van der Waals surface area (Å²) >= 11 is 0. The van der Waals surface area contributed by atoms with Gasteiger partial charge in [-0.05, 0) is 109 Å². The maximum atomic E-state index is 15.1. The molecule has 0 bridgehead atoms. The van der Waals surface area contributed by atoms with Crippen LogP contribution < -0.4 is 20.6 Å². The Balaban J connectivity index is 1.44. The third-order valence-corrected chi connectivity index (χ3v) is 12.3. The number of benzene rings is 2. The summed E-state index contributed by atoms with van der Waals surface area (Å²) in [5, 5.41) is 1.19. The van der Waals surface area contributed by atoms with Crippen molar-refractivity contribution in [3.8, 4) is 11.5 Å². The lowest BCUT2D eigenvalue weighted by Crippen LogP contribution is -2.25. The van der Waals surface area contributed by atoms with Crippen LogP contribution in [-0.4, -0.2) is 23.0 Å². The maximum Gasteiger partial charge on any atom is 0.264 e. The van der Waals surface area contributed by atoms with E-state index in [4.69, 9.17) is 9.47 Å². The van der Waals surface area contributed by atoms with Crippen molar-refractivity contribution < 1.29 is 9.47 Å². The van der Waals surface area contributed by atoms with Crippen LogP contribution in [0.15, 0.2) is 82.4 Å². The Labute approximate surface area is 358 Å². The predicted molar refractivity (Wildman–Crippen MR) is 255 cm³/mol. The van der Waals surface area contributed by atoms with Crippen LogP contribution in [-0.2, 0) is 12.8 Å². The SMILES string of the molecule is CCCCCCCCCCCc1c2c(=O)n3c(/C=C/c4cccc(OC)c4)ccc3c(CCCCCCCCCCC)c2c(=O)n2c(/C=C/c3cccc(OC)c3)ccc12. The zero-order chi connectivity index (χ0) is 42.1. The van der Waals surface area contributed by atoms with Gasteiger partial charge in [-0.25, -0.2) is 0 Å². The quantitative estimate of drug-likeness (QED) is 0.0512. The van der Waals surface area contributed by atoms with Gasteiger partial charge in [0.1, 0.15) is 11.5 Å². The van der Waals surface area contributed by atoms with Gasteiger partial charge in [-0.15, -0.1) is 0 Å². The van der Waals surface area contributed by atoms with Gasteiger partial charge in [-0.3, -0.25) is 18.4 Å². The van der Waals surface area contributed by atoms with Gasteiger partial charge in [0.2, 0.25) is 0 Å². The molecule has 0 radical (unpaired) electrons. The third kappa shape index (κ3) is 11.2. The van der Waals surface area contributed by atoms with Crippen LogP contribution in [0, 0.1) is 0 Å². The summed E-state index contributed by atoms with van der Waals surface area (Å²) in [5.74, 6) is 1.57. The second-order valence-electron chi connectivity index (χ2n) is 16.7. The summed E-state index contributed by atoms with van der Waals surface area (Å²) in [5.41, 5.74) is 7.05. The second kappa shape index (κ2) is 23.0. The van der Waals surface area contributed by atoms with Crippen molar-refractivity contribution in [1.82, 2.24) is 8.80 Å². The molecule has 4 aromatic heterocycles. The molecule has 0 aliphatic heterocycles. The fourth-order valence-electron chi connectivity index (χ4n) is 8.93. The lowest BCUT2D eigenvalue weighted by atomic mass is 9.95. The molecular weight excluding hydrogens is 741 g/mol. The van der Waals surface area contributed by atoms with E-state index >= 15 is 9.59 Å². The summed E-state index contributed by atoms with van der Waals surface area (Å²) in [6.45, 7) is 4.53. The second-order valence-corrected chi connectivity index (χ2v) is 16.7. The van der Waals surface area contributed by atoms with Gasteiger partial charge in [-0.1, -0.05) is 153 Å². The van der Waals surface area contributed by atoms with Crippen LogP contribution in [0.25, 0.3) is 46.1 Å². The number of hydrogen-bond donors (Lipinski definition) is 0. The number of aromatic nitrogens is 2. The molecule has 0 saturated carbocycles. The molecule has 0 aliphatic rings. The highest BCUT2D eigenvalue weighted by molar-refractivity contribution is 5.96. The van der Waals surface area contributed by atoms with E-state index in [-0.39, 0.29) is 11.1 Å². The predicted octanol–water partition coefficient (Wildman–Crippen LogP) is 14.0. The van der Waals surface area contributed by atoms with Crippen molar-refractivity contribution in [1.29, 1.82) is 0 Å². The largest absolute Gasteiger partial charge is 0.497 e. The lowest BCUT2D eigenvalue weighted by molar-refractivity contribution is 0.414. The zero-order valence-electron chi connectivity index (χ0n) is 36.9. The summed E-state index contributed by atoms with van der Waals surface area (Å²) in [7, 11) is 3.34. The van der Waals surface area contributed by atoms with Crippen LogP contribution in [0.1, 0.15) is 163 Å². The van der Waals surface area contributed by atoms with E-state index in [1.807, 2.05) is 93.8 Å². The molecule has 0 unspecified atom stereocenters. The van der Waals surface area contributed by atoms with Crippen molar-refractivity contribution >= 4 is 46.1 Å². The number of unbranched alkanes of at least 4 members (excludes halogenated alkanes) is 16. The number of ether oxygens (including phenoxy) is 2. The Hall–Kier alpha value is -5.10. The zero-order valence-corrected chi connectivity index (χ0v) is 36.9. The Bertz CT molecular complexity index is 2280. The standard InChI is InChI=1S/C54H68N2O4/c1-5-7-9-11-13-15-17-19-21-29-47-49-37-35-43(33-31-41-25-23-27-45(39-41)59-3)55(49)54(58)52-48(30-22-20-18-16-14-12-10-8-6-2)50-38-36-44(56(50)53(57)51(47)52)34-32-42-26-24-28-46(40-42)60-4/h23-28,31-40H,5-22,29-30H2,1-4H3/b33-31+,34-32+. The first-order valence-corrected chi connectivity index (χ1v) is 23.1. The summed E-state index contributed by atoms with van der Waals surface area (Å²) in [4.78, 5) is 30.3. The molecule has 0 saturated heterocycles. The molecule has 0 spiro atoms. The van der Waals surface area contributed by atoms with E-state index in [9.17, 15) is 0 Å². The molecule has 318 valence electrons. The first kappa shape index (κ1) is 44.5. The number of pyridine rings is 2. The van der Waals surface area contributed by atoms with Crippen LogP contribution in [0.2, 0.25) is 0 Å². The molecule has 6 aromatic rings. The molecule has 0 fully saturated rings. The number of rotatable bonds is 26. The van der Waals surface area contributed by atoms with Crippen molar-refractivity contribution in [3.05, 3.63) is 127 Å². The minimum absolute atomic E-state index is 0.105. The maximum absolute atomic E-state index is 15.1. The van der Waals surface area contributed by atoms with Gasteiger partial charge >= 0.3 is 0 Å². The Morgan fingerprint density at radius 2 is 0.817 bits per heavy atom. The average molecular weight is 809 g/mol. The van der Waals surface area contributed by atoms with Crippen LogP contribution in [0.5, 0.6) is 11.5 Å². The average Bonchev–Trinajstić information content (AvgIpc) is 3.91. The fourth-order valence-corrected chi connectivity index (χ4v) is 8.93. The highest BCUT2D eigenvalue weighted by Gasteiger charge is 2.23. The monoisotopic (exact) mass is 809 g/mol. The van der Waals surface area contributed by atoms with Gasteiger partial charge in [0.25, 0.3) is 11.1 Å². The van der Waals surface area contributed by atoms with Crippen molar-refractivity contribution in [3.63, 3.8) is 0 Å². The van der Waals surface area contributed by atoms with E-state index in [1.54, 1.807) is 14.2 Å². The summed E-state index contributed by atoms with van der Waals surface area (Å²) in [6.07, 6.45) is 31.6.